The summed E-state index contributed by atoms with van der Waals surface area (Å²) in [5, 5.41) is 4.59. The molecule has 0 fully saturated rings. The lowest BCUT2D eigenvalue weighted by molar-refractivity contribution is 0.0742. The Hall–Kier alpha value is -4.47. The Bertz CT molecular complexity index is 1920. The lowest BCUT2D eigenvalue weighted by atomic mass is 10.2. The Morgan fingerprint density at radius 1 is 0.895 bits per heavy atom. The van der Waals surface area contributed by atoms with E-state index in [1.54, 1.807) is 24.5 Å². The molecule has 186 valence electrons. The van der Waals surface area contributed by atoms with Crippen LogP contribution in [0.4, 0.5) is 0 Å². The van der Waals surface area contributed by atoms with E-state index >= 15 is 0 Å². The minimum Gasteiger partial charge on any atom is -0.497 e. The van der Waals surface area contributed by atoms with E-state index in [1.807, 2.05) is 82.2 Å². The zero-order chi connectivity index (χ0) is 25.6. The molecule has 0 amide bonds. The number of nitrogens with zero attached hydrogens (tertiary/aromatic N) is 4. The smallest absolute Gasteiger partial charge is 0.353 e. The first kappa shape index (κ1) is 22.7. The molecule has 2 aromatic carbocycles. The fraction of sp³-hybridized carbons (Fsp3) is 0.0690. The van der Waals surface area contributed by atoms with Gasteiger partial charge in [-0.2, -0.15) is 0 Å². The second-order valence-corrected chi connectivity index (χ2v) is 10.6. The fourth-order valence-electron chi connectivity index (χ4n) is 4.65. The summed E-state index contributed by atoms with van der Waals surface area (Å²) in [5.74, 6) is 1.61. The van der Waals surface area contributed by atoms with Crippen molar-refractivity contribution in [2.45, 2.75) is 6.54 Å². The topological polar surface area (TPSA) is 70.7 Å². The number of benzene rings is 2. The molecule has 0 spiro atoms. The van der Waals surface area contributed by atoms with Gasteiger partial charge in [-0.15, -0.1) is 22.7 Å². The van der Waals surface area contributed by atoms with Gasteiger partial charge in [-0.1, -0.05) is 36.4 Å². The third-order valence-electron chi connectivity index (χ3n) is 6.40. The van der Waals surface area contributed by atoms with E-state index in [4.69, 9.17) is 19.4 Å². The van der Waals surface area contributed by atoms with E-state index in [2.05, 4.69) is 10.5 Å². The van der Waals surface area contributed by atoms with Crippen LogP contribution in [0.3, 0.4) is 0 Å². The Morgan fingerprint density at radius 2 is 1.71 bits per heavy atom. The van der Waals surface area contributed by atoms with E-state index in [9.17, 15) is 4.79 Å². The minimum absolute atomic E-state index is 0.403. The van der Waals surface area contributed by atoms with Crippen LogP contribution in [0.15, 0.2) is 89.8 Å². The van der Waals surface area contributed by atoms with Gasteiger partial charge in [0, 0.05) is 12.7 Å². The number of fused-ring (bicyclic) bond motifs is 5. The lowest BCUT2D eigenvalue weighted by Crippen LogP contribution is -2.06. The summed E-state index contributed by atoms with van der Waals surface area (Å²) in [6.07, 6.45) is 1.85. The molecular formula is C29H20N4O3S2. The number of para-hydroxylation sites is 2. The number of imidazole rings is 1. The van der Waals surface area contributed by atoms with Gasteiger partial charge in [0.1, 0.15) is 21.7 Å². The molecule has 0 unspecified atom stereocenters. The average molecular weight is 537 g/mol. The van der Waals surface area contributed by atoms with Gasteiger partial charge in [0.25, 0.3) is 0 Å². The van der Waals surface area contributed by atoms with E-state index in [-0.39, 0.29) is 0 Å². The highest BCUT2D eigenvalue weighted by atomic mass is 32.1. The molecule has 0 atom stereocenters. The van der Waals surface area contributed by atoms with Crippen LogP contribution < -0.4 is 9.47 Å². The number of aromatic nitrogens is 4. The summed E-state index contributed by atoms with van der Waals surface area (Å²) < 4.78 is 15.4. The molecule has 0 bridgehead atoms. The predicted octanol–water partition coefficient (Wildman–Crippen LogP) is 6.90. The molecule has 7 nitrogen and oxygen atoms in total. The van der Waals surface area contributed by atoms with E-state index in [0.717, 1.165) is 33.0 Å². The van der Waals surface area contributed by atoms with Crippen LogP contribution in [0, 0.1) is 0 Å². The molecule has 5 heterocycles. The summed E-state index contributed by atoms with van der Waals surface area (Å²) in [5.41, 5.74) is 4.24. The second kappa shape index (κ2) is 9.13. The summed E-state index contributed by atoms with van der Waals surface area (Å²) in [7, 11) is 1.65. The van der Waals surface area contributed by atoms with Gasteiger partial charge < -0.3 is 14.0 Å². The van der Waals surface area contributed by atoms with Crippen molar-refractivity contribution in [3.8, 4) is 22.2 Å². The molecule has 0 aliphatic heterocycles. The van der Waals surface area contributed by atoms with Crippen molar-refractivity contribution in [2.75, 3.05) is 7.11 Å². The number of thiophene rings is 2. The Labute approximate surface area is 225 Å². The molecule has 7 rings (SSSR count). The maximum Gasteiger partial charge on any atom is 0.353 e. The van der Waals surface area contributed by atoms with Crippen LogP contribution in [-0.2, 0) is 6.54 Å². The van der Waals surface area contributed by atoms with Crippen LogP contribution in [0.5, 0.6) is 11.5 Å². The van der Waals surface area contributed by atoms with Crippen molar-refractivity contribution >= 4 is 56.4 Å². The third kappa shape index (κ3) is 3.75. The molecule has 0 aliphatic rings. The summed E-state index contributed by atoms with van der Waals surface area (Å²) >= 11 is 2.97. The number of hydrogen-bond donors (Lipinski definition) is 0. The maximum atomic E-state index is 13.0. The number of hydrogen-bond acceptors (Lipinski definition) is 7. The van der Waals surface area contributed by atoms with Crippen LogP contribution in [-0.4, -0.2) is 32.0 Å². The number of methoxy groups -OCH3 is 1. The minimum atomic E-state index is -0.403. The molecule has 0 saturated heterocycles. The van der Waals surface area contributed by atoms with Gasteiger partial charge in [-0.05, 0) is 52.7 Å². The first-order valence-electron chi connectivity index (χ1n) is 11.9. The summed E-state index contributed by atoms with van der Waals surface area (Å²) in [6.45, 7) is 0.532. The van der Waals surface area contributed by atoms with E-state index in [1.165, 1.54) is 11.3 Å². The molecule has 0 aliphatic carbocycles. The first-order valence-corrected chi connectivity index (χ1v) is 13.7. The quantitative estimate of drug-likeness (QED) is 0.216. The van der Waals surface area contributed by atoms with Crippen molar-refractivity contribution in [3.05, 3.63) is 100 Å². The number of carbonyl (C=O) groups excluding carboxylic acids is 1. The Balaban J connectivity index is 1.50. The molecule has 7 aromatic rings. The molecule has 0 radical (unpaired) electrons. The van der Waals surface area contributed by atoms with Crippen molar-refractivity contribution in [2.24, 2.45) is 0 Å². The number of esters is 1. The van der Waals surface area contributed by atoms with Crippen LogP contribution >= 0.6 is 22.7 Å². The molecule has 0 saturated carbocycles. The summed E-state index contributed by atoms with van der Waals surface area (Å²) in [4.78, 5) is 24.8. The molecule has 9 heteroatoms. The molecule has 5 aromatic heterocycles. The number of rotatable bonds is 6. The van der Waals surface area contributed by atoms with Gasteiger partial charge in [-0.3, -0.25) is 4.40 Å². The largest absolute Gasteiger partial charge is 0.497 e. The van der Waals surface area contributed by atoms with Gasteiger partial charge >= 0.3 is 5.97 Å². The van der Waals surface area contributed by atoms with E-state index in [0.29, 0.717) is 33.9 Å². The van der Waals surface area contributed by atoms with Crippen LogP contribution in [0.2, 0.25) is 0 Å². The third-order valence-corrected chi connectivity index (χ3v) is 8.12. The highest BCUT2D eigenvalue weighted by Gasteiger charge is 2.24. The Morgan fingerprint density at radius 3 is 2.47 bits per heavy atom. The molecule has 0 N–H and O–H groups in total. The number of ether oxygens (including phenoxy) is 2. The highest BCUT2D eigenvalue weighted by Crippen LogP contribution is 2.37. The monoisotopic (exact) mass is 536 g/mol. The zero-order valence-electron chi connectivity index (χ0n) is 20.2. The fourth-order valence-corrected chi connectivity index (χ4v) is 5.95. The first-order chi connectivity index (χ1) is 18.7. The van der Waals surface area contributed by atoms with Gasteiger partial charge in [0.2, 0.25) is 0 Å². The highest BCUT2D eigenvalue weighted by molar-refractivity contribution is 7.13. The zero-order valence-corrected chi connectivity index (χ0v) is 21.8. The van der Waals surface area contributed by atoms with Crippen LogP contribution in [0.1, 0.15) is 15.2 Å². The SMILES string of the molecule is COc1ccc(Cn2cc(OC(=O)c3cccs3)c3c2nc(-c2cccs2)n2c4ccccc4nc32)cc1. The normalized spacial score (nSPS) is 11.5. The van der Waals surface area contributed by atoms with Gasteiger partial charge in [0.05, 0.1) is 23.0 Å². The maximum absolute atomic E-state index is 13.0. The predicted molar refractivity (Wildman–Crippen MR) is 151 cm³/mol. The van der Waals surface area contributed by atoms with E-state index < -0.39 is 5.97 Å². The van der Waals surface area contributed by atoms with Gasteiger partial charge in [0.15, 0.2) is 17.2 Å². The molecular weight excluding hydrogens is 516 g/mol. The standard InChI is InChI=1S/C29H20N4O3S2/c1-35-19-12-10-18(11-13-19)16-32-17-22(36-29(34)24-9-5-15-38-24)25-27(32)31-26(23-8-4-14-37-23)33-21-7-3-2-6-20(21)30-28(25)33/h2-15,17H,16H2,1H3. The van der Waals surface area contributed by atoms with Crippen LogP contribution in [0.25, 0.3) is 38.4 Å². The van der Waals surface area contributed by atoms with Crippen molar-refractivity contribution in [3.63, 3.8) is 0 Å². The number of carbonyl (C=O) groups is 1. The van der Waals surface area contributed by atoms with Crippen molar-refractivity contribution in [1.82, 2.24) is 18.9 Å². The lowest BCUT2D eigenvalue weighted by Gasteiger charge is -2.09. The average Bonchev–Trinajstić information content (AvgIpc) is 3.75. The van der Waals surface area contributed by atoms with Crippen molar-refractivity contribution < 1.29 is 14.3 Å². The summed E-state index contributed by atoms with van der Waals surface area (Å²) in [6, 6.07) is 23.5. The molecule has 38 heavy (non-hydrogen) atoms. The Kier molecular flexibility index (Phi) is 5.45. The van der Waals surface area contributed by atoms with Crippen molar-refractivity contribution in [1.29, 1.82) is 0 Å². The second-order valence-electron chi connectivity index (χ2n) is 8.71. The van der Waals surface area contributed by atoms with Gasteiger partial charge in [-0.25, -0.2) is 14.8 Å².